The fourth-order valence-corrected chi connectivity index (χ4v) is 1.49. The van der Waals surface area contributed by atoms with Crippen LogP contribution in [0.1, 0.15) is 0 Å². The molecule has 3 N–H and O–H groups in total. The number of carbonyl (C=O) groups excluding carboxylic acids is 1. The molecule has 74 valence electrons. The van der Waals surface area contributed by atoms with Gasteiger partial charge in [0.15, 0.2) is 0 Å². The number of carbonyl (C=O) groups is 1. The zero-order valence-electron chi connectivity index (χ0n) is 7.73. The van der Waals surface area contributed by atoms with Crippen LogP contribution in [0.15, 0.2) is 18.3 Å². The van der Waals surface area contributed by atoms with Crippen molar-refractivity contribution >= 4 is 17.4 Å². The third kappa shape index (κ3) is 1.76. The van der Waals surface area contributed by atoms with E-state index in [4.69, 9.17) is 5.73 Å². The monoisotopic (exact) mass is 192 g/mol. The maximum atomic E-state index is 11.1. The van der Waals surface area contributed by atoms with E-state index in [0.29, 0.717) is 18.9 Å². The van der Waals surface area contributed by atoms with E-state index in [2.05, 4.69) is 10.3 Å². The SMILES string of the molecule is Nc1cc(N2CCNC(=O)C2)ccn1. The van der Waals surface area contributed by atoms with Gasteiger partial charge in [-0.2, -0.15) is 0 Å². The fraction of sp³-hybridized carbons (Fsp3) is 0.333. The van der Waals surface area contributed by atoms with Crippen LogP contribution in [0.25, 0.3) is 0 Å². The summed E-state index contributed by atoms with van der Waals surface area (Å²) < 4.78 is 0. The first-order valence-corrected chi connectivity index (χ1v) is 4.49. The van der Waals surface area contributed by atoms with Crippen molar-refractivity contribution < 1.29 is 4.79 Å². The molecule has 5 heteroatoms. The van der Waals surface area contributed by atoms with Crippen molar-refractivity contribution in [2.24, 2.45) is 0 Å². The Balaban J connectivity index is 2.17. The zero-order chi connectivity index (χ0) is 9.97. The van der Waals surface area contributed by atoms with E-state index in [-0.39, 0.29) is 5.91 Å². The van der Waals surface area contributed by atoms with Crippen LogP contribution in [0.2, 0.25) is 0 Å². The van der Waals surface area contributed by atoms with E-state index in [9.17, 15) is 4.79 Å². The third-order valence-corrected chi connectivity index (χ3v) is 2.17. The number of anilines is 2. The normalized spacial score (nSPS) is 16.6. The third-order valence-electron chi connectivity index (χ3n) is 2.17. The molecule has 0 saturated carbocycles. The average Bonchev–Trinajstić information content (AvgIpc) is 2.18. The summed E-state index contributed by atoms with van der Waals surface area (Å²) in [6.45, 7) is 1.89. The number of rotatable bonds is 1. The molecule has 0 atom stereocenters. The molecule has 0 aromatic carbocycles. The smallest absolute Gasteiger partial charge is 0.239 e. The summed E-state index contributed by atoms with van der Waals surface area (Å²) in [4.78, 5) is 17.0. The van der Waals surface area contributed by atoms with Crippen molar-refractivity contribution in [3.05, 3.63) is 18.3 Å². The Morgan fingerprint density at radius 1 is 1.57 bits per heavy atom. The second-order valence-corrected chi connectivity index (χ2v) is 3.21. The highest BCUT2D eigenvalue weighted by atomic mass is 16.2. The molecule has 0 aliphatic carbocycles. The lowest BCUT2D eigenvalue weighted by atomic mass is 10.3. The molecule has 1 aliphatic rings. The predicted molar refractivity (Wildman–Crippen MR) is 53.9 cm³/mol. The Hall–Kier alpha value is -1.78. The topological polar surface area (TPSA) is 71.2 Å². The molecule has 1 aliphatic heterocycles. The number of hydrogen-bond donors (Lipinski definition) is 2. The summed E-state index contributed by atoms with van der Waals surface area (Å²) in [7, 11) is 0. The molecular formula is C9H12N4O. The minimum Gasteiger partial charge on any atom is -0.384 e. The van der Waals surface area contributed by atoms with Gasteiger partial charge in [-0.05, 0) is 6.07 Å². The molecule has 0 spiro atoms. The highest BCUT2D eigenvalue weighted by Crippen LogP contribution is 2.15. The number of piperazine rings is 1. The van der Waals surface area contributed by atoms with Gasteiger partial charge in [0.1, 0.15) is 5.82 Å². The first kappa shape index (κ1) is 8.80. The zero-order valence-corrected chi connectivity index (χ0v) is 7.73. The van der Waals surface area contributed by atoms with Gasteiger partial charge in [-0.15, -0.1) is 0 Å². The molecule has 1 aromatic heterocycles. The maximum Gasteiger partial charge on any atom is 0.239 e. The number of pyridine rings is 1. The standard InChI is InChI=1S/C9H12N4O/c10-8-5-7(1-2-11-8)13-4-3-12-9(14)6-13/h1-2,5H,3-4,6H2,(H2,10,11)(H,12,14). The Morgan fingerprint density at radius 2 is 2.43 bits per heavy atom. The number of hydrogen-bond acceptors (Lipinski definition) is 4. The number of nitrogen functional groups attached to an aromatic ring is 1. The first-order valence-electron chi connectivity index (χ1n) is 4.49. The summed E-state index contributed by atoms with van der Waals surface area (Å²) in [6, 6.07) is 3.63. The molecule has 2 heterocycles. The van der Waals surface area contributed by atoms with Gasteiger partial charge in [-0.1, -0.05) is 0 Å². The van der Waals surface area contributed by atoms with Gasteiger partial charge >= 0.3 is 0 Å². The maximum absolute atomic E-state index is 11.1. The van der Waals surface area contributed by atoms with E-state index in [1.807, 2.05) is 11.0 Å². The van der Waals surface area contributed by atoms with Crippen molar-refractivity contribution in [1.82, 2.24) is 10.3 Å². The lowest BCUT2D eigenvalue weighted by Gasteiger charge is -2.28. The van der Waals surface area contributed by atoms with Gasteiger partial charge in [0.25, 0.3) is 0 Å². The Labute approximate surface area is 81.9 Å². The molecule has 14 heavy (non-hydrogen) atoms. The number of aromatic nitrogens is 1. The van der Waals surface area contributed by atoms with Gasteiger partial charge < -0.3 is 16.0 Å². The van der Waals surface area contributed by atoms with Crippen molar-refractivity contribution in [3.8, 4) is 0 Å². The van der Waals surface area contributed by atoms with Gasteiger partial charge in [0.05, 0.1) is 6.54 Å². The van der Waals surface area contributed by atoms with Crippen molar-refractivity contribution in [2.75, 3.05) is 30.3 Å². The Kier molecular flexibility index (Phi) is 2.22. The van der Waals surface area contributed by atoms with Gasteiger partial charge in [-0.3, -0.25) is 4.79 Å². The molecule has 1 fully saturated rings. The minimum absolute atomic E-state index is 0.0478. The first-order chi connectivity index (χ1) is 6.75. The van der Waals surface area contributed by atoms with E-state index in [0.717, 1.165) is 12.2 Å². The largest absolute Gasteiger partial charge is 0.384 e. The lowest BCUT2D eigenvalue weighted by molar-refractivity contribution is -0.120. The van der Waals surface area contributed by atoms with Crippen LogP contribution in [-0.4, -0.2) is 30.5 Å². The summed E-state index contributed by atoms with van der Waals surface area (Å²) >= 11 is 0. The van der Waals surface area contributed by atoms with Crippen LogP contribution >= 0.6 is 0 Å². The molecule has 0 bridgehead atoms. The minimum atomic E-state index is 0.0478. The van der Waals surface area contributed by atoms with E-state index in [1.165, 1.54) is 0 Å². The Morgan fingerprint density at radius 3 is 3.14 bits per heavy atom. The van der Waals surface area contributed by atoms with Gasteiger partial charge in [0.2, 0.25) is 5.91 Å². The van der Waals surface area contributed by atoms with Crippen LogP contribution in [0.5, 0.6) is 0 Å². The van der Waals surface area contributed by atoms with Crippen LogP contribution in [0.3, 0.4) is 0 Å². The number of nitrogens with two attached hydrogens (primary N) is 1. The van der Waals surface area contributed by atoms with Crippen molar-refractivity contribution in [1.29, 1.82) is 0 Å². The molecule has 0 radical (unpaired) electrons. The summed E-state index contributed by atoms with van der Waals surface area (Å²) in [5.74, 6) is 0.528. The molecule has 5 nitrogen and oxygen atoms in total. The van der Waals surface area contributed by atoms with Crippen LogP contribution in [0.4, 0.5) is 11.5 Å². The molecule has 1 aromatic rings. The highest BCUT2D eigenvalue weighted by molar-refractivity contribution is 5.82. The van der Waals surface area contributed by atoms with Gasteiger partial charge in [0, 0.05) is 31.0 Å². The molecular weight excluding hydrogens is 180 g/mol. The van der Waals surface area contributed by atoms with E-state index >= 15 is 0 Å². The second-order valence-electron chi connectivity index (χ2n) is 3.21. The summed E-state index contributed by atoms with van der Waals surface area (Å²) in [5, 5.41) is 2.77. The summed E-state index contributed by atoms with van der Waals surface area (Å²) in [6.07, 6.45) is 1.65. The van der Waals surface area contributed by atoms with Crippen molar-refractivity contribution in [2.45, 2.75) is 0 Å². The molecule has 2 rings (SSSR count). The van der Waals surface area contributed by atoms with E-state index in [1.54, 1.807) is 12.3 Å². The Bertz CT molecular complexity index is 352. The number of amides is 1. The predicted octanol–water partition coefficient (Wildman–Crippen LogP) is -0.400. The van der Waals surface area contributed by atoms with Gasteiger partial charge in [-0.25, -0.2) is 4.98 Å². The number of nitrogens with zero attached hydrogens (tertiary/aromatic N) is 2. The molecule has 1 amide bonds. The highest BCUT2D eigenvalue weighted by Gasteiger charge is 2.16. The second kappa shape index (κ2) is 3.53. The number of nitrogens with one attached hydrogen (secondary N) is 1. The van der Waals surface area contributed by atoms with Crippen LogP contribution in [-0.2, 0) is 4.79 Å². The van der Waals surface area contributed by atoms with Crippen LogP contribution < -0.4 is 16.0 Å². The average molecular weight is 192 g/mol. The lowest BCUT2D eigenvalue weighted by Crippen LogP contribution is -2.47. The summed E-state index contributed by atoms with van der Waals surface area (Å²) in [5.41, 5.74) is 6.51. The van der Waals surface area contributed by atoms with E-state index < -0.39 is 0 Å². The quantitative estimate of drug-likeness (QED) is 0.635. The van der Waals surface area contributed by atoms with Crippen LogP contribution in [0, 0.1) is 0 Å². The fourth-order valence-electron chi connectivity index (χ4n) is 1.49. The molecule has 1 saturated heterocycles. The molecule has 0 unspecified atom stereocenters. The van der Waals surface area contributed by atoms with Crippen molar-refractivity contribution in [3.63, 3.8) is 0 Å².